The number of piperidine rings is 1. The lowest BCUT2D eigenvalue weighted by Crippen LogP contribution is -2.37. The topological polar surface area (TPSA) is 50.8 Å². The molecule has 0 radical (unpaired) electrons. The molecule has 33 heavy (non-hydrogen) atoms. The molecule has 1 amide bonds. The molecule has 1 N–H and O–H groups in total. The molecule has 1 aromatic rings. The fourth-order valence-corrected chi connectivity index (χ4v) is 4.65. The average Bonchev–Trinajstić information content (AvgIpc) is 2.84. The van der Waals surface area contributed by atoms with Crippen molar-refractivity contribution in [3.63, 3.8) is 0 Å². The lowest BCUT2D eigenvalue weighted by atomic mass is 9.86. The number of methoxy groups -OCH3 is 2. The van der Waals surface area contributed by atoms with Crippen LogP contribution in [0.25, 0.3) is 5.57 Å². The lowest BCUT2D eigenvalue weighted by Gasteiger charge is -2.32. The Labute approximate surface area is 199 Å². The third kappa shape index (κ3) is 9.09. The van der Waals surface area contributed by atoms with E-state index in [9.17, 15) is 9.18 Å². The van der Waals surface area contributed by atoms with E-state index in [0.717, 1.165) is 62.4 Å². The summed E-state index contributed by atoms with van der Waals surface area (Å²) in [6, 6.07) is 5.10. The van der Waals surface area contributed by atoms with Crippen molar-refractivity contribution in [1.82, 2.24) is 10.2 Å². The Hall–Kier alpha value is -1.92. The molecule has 5 nitrogen and oxygen atoms in total. The van der Waals surface area contributed by atoms with Crippen molar-refractivity contribution in [1.29, 1.82) is 0 Å². The van der Waals surface area contributed by atoms with Crippen molar-refractivity contribution < 1.29 is 18.7 Å². The van der Waals surface area contributed by atoms with Gasteiger partial charge in [-0.15, -0.1) is 0 Å². The van der Waals surface area contributed by atoms with E-state index in [1.807, 2.05) is 0 Å². The fourth-order valence-electron chi connectivity index (χ4n) is 4.65. The van der Waals surface area contributed by atoms with Gasteiger partial charge in [0, 0.05) is 31.2 Å². The first-order valence-corrected chi connectivity index (χ1v) is 12.4. The minimum absolute atomic E-state index is 0.131. The molecule has 6 heteroatoms. The number of benzene rings is 1. The van der Waals surface area contributed by atoms with Crippen LogP contribution in [0.5, 0.6) is 5.75 Å². The van der Waals surface area contributed by atoms with E-state index < -0.39 is 0 Å². The number of ether oxygens (including phenoxy) is 2. The highest BCUT2D eigenvalue weighted by molar-refractivity contribution is 5.76. The number of halogens is 1. The molecular formula is C27H43FN2O3. The summed E-state index contributed by atoms with van der Waals surface area (Å²) in [5.41, 5.74) is 2.02. The maximum atomic E-state index is 13.2. The van der Waals surface area contributed by atoms with Crippen LogP contribution in [0.15, 0.2) is 24.8 Å². The molecule has 1 saturated heterocycles. The maximum absolute atomic E-state index is 13.2. The quantitative estimate of drug-likeness (QED) is 0.570. The van der Waals surface area contributed by atoms with Gasteiger partial charge in [-0.3, -0.25) is 4.79 Å². The highest BCUT2D eigenvalue weighted by Gasteiger charge is 2.23. The first-order chi connectivity index (χ1) is 15.9. The van der Waals surface area contributed by atoms with Crippen molar-refractivity contribution >= 4 is 11.5 Å². The summed E-state index contributed by atoms with van der Waals surface area (Å²) in [5.74, 6) is 1.76. The van der Waals surface area contributed by atoms with Crippen LogP contribution >= 0.6 is 0 Å². The molecule has 0 bridgehead atoms. The molecule has 1 aliphatic carbocycles. The second-order valence-electron chi connectivity index (χ2n) is 9.35. The van der Waals surface area contributed by atoms with E-state index in [1.165, 1.54) is 25.0 Å². The predicted molar refractivity (Wildman–Crippen MR) is 133 cm³/mol. The molecule has 2 aliphatic rings. The molecule has 0 aromatic heterocycles. The molecule has 1 saturated carbocycles. The standard InChI is InChI=1S/C16H22FNO.C11H21NO2/c1-4-18-9-7-13(8-10-18)12(2)15-6-5-14(17)11-16(15)19-3;1-9-3-5-10(6-4-9)12-11(13)7-8-14-2/h5-6,11,13H,2,4,7-10H2,1,3H3;9-10H,3-8H2,1-2H3,(H,12,13). The SMILES string of the molecule is C=C(c1ccc(F)cc1OC)C1CCN(CC)CC1.COCCC(=O)NC1CCC(C)CC1. The molecule has 0 spiro atoms. The van der Waals surface area contributed by atoms with Crippen LogP contribution in [0, 0.1) is 17.7 Å². The Morgan fingerprint density at radius 2 is 1.82 bits per heavy atom. The Kier molecular flexibility index (Phi) is 11.9. The molecule has 1 aliphatic heterocycles. The number of nitrogens with one attached hydrogen (secondary N) is 1. The number of carbonyl (C=O) groups is 1. The van der Waals surface area contributed by atoms with Gasteiger partial charge in [0.2, 0.25) is 5.91 Å². The van der Waals surface area contributed by atoms with Gasteiger partial charge in [-0.25, -0.2) is 4.39 Å². The monoisotopic (exact) mass is 462 g/mol. The zero-order valence-electron chi connectivity index (χ0n) is 21.0. The number of nitrogens with zero attached hydrogens (tertiary/aromatic N) is 1. The second kappa shape index (κ2) is 14.4. The zero-order valence-corrected chi connectivity index (χ0v) is 21.0. The van der Waals surface area contributed by atoms with Gasteiger partial charge in [-0.2, -0.15) is 0 Å². The minimum Gasteiger partial charge on any atom is -0.496 e. The molecule has 1 heterocycles. The van der Waals surface area contributed by atoms with Gasteiger partial charge in [-0.1, -0.05) is 20.4 Å². The summed E-state index contributed by atoms with van der Waals surface area (Å²) in [5, 5.41) is 3.06. The van der Waals surface area contributed by atoms with E-state index in [-0.39, 0.29) is 11.7 Å². The van der Waals surface area contributed by atoms with Crippen LogP contribution in [0.2, 0.25) is 0 Å². The van der Waals surface area contributed by atoms with Gasteiger partial charge >= 0.3 is 0 Å². The summed E-state index contributed by atoms with van der Waals surface area (Å²) in [4.78, 5) is 13.8. The van der Waals surface area contributed by atoms with Crippen LogP contribution < -0.4 is 10.1 Å². The maximum Gasteiger partial charge on any atom is 0.222 e. The number of hydrogen-bond donors (Lipinski definition) is 1. The van der Waals surface area contributed by atoms with E-state index in [2.05, 4.69) is 30.6 Å². The van der Waals surface area contributed by atoms with Crippen LogP contribution in [0.1, 0.15) is 64.4 Å². The average molecular weight is 463 g/mol. The van der Waals surface area contributed by atoms with E-state index in [1.54, 1.807) is 20.3 Å². The molecule has 2 fully saturated rings. The minimum atomic E-state index is -0.269. The van der Waals surface area contributed by atoms with E-state index in [4.69, 9.17) is 9.47 Å². The Bertz CT molecular complexity index is 739. The lowest BCUT2D eigenvalue weighted by molar-refractivity contribution is -0.122. The summed E-state index contributed by atoms with van der Waals surface area (Å²) in [6.45, 7) is 12.6. The van der Waals surface area contributed by atoms with Gasteiger partial charge < -0.3 is 19.7 Å². The number of amides is 1. The van der Waals surface area contributed by atoms with E-state index >= 15 is 0 Å². The van der Waals surface area contributed by atoms with E-state index in [0.29, 0.717) is 30.7 Å². The Balaban J connectivity index is 0.000000245. The summed E-state index contributed by atoms with van der Waals surface area (Å²) in [6.07, 6.45) is 7.49. The summed E-state index contributed by atoms with van der Waals surface area (Å²) in [7, 11) is 3.20. The highest BCUT2D eigenvalue weighted by Crippen LogP contribution is 2.35. The van der Waals surface area contributed by atoms with Crippen molar-refractivity contribution in [2.24, 2.45) is 11.8 Å². The Morgan fingerprint density at radius 3 is 2.39 bits per heavy atom. The molecule has 3 rings (SSSR count). The third-order valence-corrected chi connectivity index (χ3v) is 6.95. The highest BCUT2D eigenvalue weighted by atomic mass is 19.1. The number of hydrogen-bond acceptors (Lipinski definition) is 4. The van der Waals surface area contributed by atoms with Gasteiger partial charge in [-0.05, 0) is 87.7 Å². The number of allylic oxidation sites excluding steroid dienone is 1. The molecule has 1 aromatic carbocycles. The fraction of sp³-hybridized carbons (Fsp3) is 0.667. The number of likely N-dealkylation sites (tertiary alicyclic amines) is 1. The van der Waals surface area contributed by atoms with Gasteiger partial charge in [0.15, 0.2) is 0 Å². The molecule has 186 valence electrons. The van der Waals surface area contributed by atoms with Crippen molar-refractivity contribution in [2.75, 3.05) is 40.5 Å². The largest absolute Gasteiger partial charge is 0.496 e. The summed E-state index contributed by atoms with van der Waals surface area (Å²) >= 11 is 0. The van der Waals surface area contributed by atoms with Crippen LogP contribution in [-0.2, 0) is 9.53 Å². The summed E-state index contributed by atoms with van der Waals surface area (Å²) < 4.78 is 23.3. The van der Waals surface area contributed by atoms with Crippen LogP contribution in [-0.4, -0.2) is 57.3 Å². The van der Waals surface area contributed by atoms with Crippen LogP contribution in [0.4, 0.5) is 4.39 Å². The van der Waals surface area contributed by atoms with Gasteiger partial charge in [0.05, 0.1) is 13.7 Å². The number of carbonyl (C=O) groups excluding carboxylic acids is 1. The van der Waals surface area contributed by atoms with Crippen molar-refractivity contribution in [3.8, 4) is 5.75 Å². The van der Waals surface area contributed by atoms with Crippen LogP contribution in [0.3, 0.4) is 0 Å². The molecule has 0 atom stereocenters. The third-order valence-electron chi connectivity index (χ3n) is 6.95. The van der Waals surface area contributed by atoms with Crippen molar-refractivity contribution in [2.45, 2.75) is 64.8 Å². The normalized spacial score (nSPS) is 21.6. The van der Waals surface area contributed by atoms with Gasteiger partial charge in [0.1, 0.15) is 11.6 Å². The first-order valence-electron chi connectivity index (χ1n) is 12.4. The predicted octanol–water partition coefficient (Wildman–Crippen LogP) is 5.30. The Morgan fingerprint density at radius 1 is 1.15 bits per heavy atom. The second-order valence-corrected chi connectivity index (χ2v) is 9.35. The number of rotatable bonds is 8. The smallest absolute Gasteiger partial charge is 0.222 e. The van der Waals surface area contributed by atoms with Gasteiger partial charge in [0.25, 0.3) is 0 Å². The zero-order chi connectivity index (χ0) is 24.2. The molecular weight excluding hydrogens is 419 g/mol. The first kappa shape index (κ1) is 27.3. The molecule has 0 unspecified atom stereocenters. The van der Waals surface area contributed by atoms with Crippen molar-refractivity contribution in [3.05, 3.63) is 36.2 Å².